The van der Waals surface area contributed by atoms with Gasteiger partial charge in [0.25, 0.3) is 0 Å². The highest BCUT2D eigenvalue weighted by atomic mass is 35.5. The molecule has 18 heavy (non-hydrogen) atoms. The number of nitrogens with one attached hydrogen (secondary N) is 1. The van der Waals surface area contributed by atoms with Gasteiger partial charge in [0.15, 0.2) is 0 Å². The Hall–Kier alpha value is -0.640. The van der Waals surface area contributed by atoms with Gasteiger partial charge in [-0.05, 0) is 37.0 Å². The summed E-state index contributed by atoms with van der Waals surface area (Å²) < 4.78 is 18.3. The predicted octanol–water partition coefficient (Wildman–Crippen LogP) is 3.28. The van der Waals surface area contributed by atoms with E-state index in [1.54, 1.807) is 13.2 Å². The molecule has 0 aliphatic rings. The van der Waals surface area contributed by atoms with Crippen LogP contribution in [0.1, 0.15) is 19.4 Å². The van der Waals surface area contributed by atoms with E-state index in [0.717, 1.165) is 18.5 Å². The van der Waals surface area contributed by atoms with Crippen LogP contribution in [0.15, 0.2) is 18.2 Å². The molecule has 2 unspecified atom stereocenters. The minimum atomic E-state index is -0.346. The quantitative estimate of drug-likeness (QED) is 0.770. The number of hydrogen-bond donors (Lipinski definition) is 1. The van der Waals surface area contributed by atoms with Crippen molar-refractivity contribution in [1.29, 1.82) is 0 Å². The molecule has 2 atom stereocenters. The topological polar surface area (TPSA) is 21.3 Å². The molecule has 0 bridgehead atoms. The molecule has 0 aromatic heterocycles. The van der Waals surface area contributed by atoms with Gasteiger partial charge < -0.3 is 10.1 Å². The maximum atomic E-state index is 13.3. The van der Waals surface area contributed by atoms with E-state index < -0.39 is 0 Å². The molecule has 4 heteroatoms. The van der Waals surface area contributed by atoms with E-state index in [0.29, 0.717) is 18.6 Å². The molecule has 2 nitrogen and oxygen atoms in total. The van der Waals surface area contributed by atoms with E-state index in [2.05, 4.69) is 19.2 Å². The molecule has 0 aliphatic carbocycles. The summed E-state index contributed by atoms with van der Waals surface area (Å²) in [6.45, 7) is 5.81. The fourth-order valence-electron chi connectivity index (χ4n) is 1.81. The molecule has 0 amide bonds. The van der Waals surface area contributed by atoms with Crippen molar-refractivity contribution >= 4 is 11.6 Å². The highest BCUT2D eigenvalue weighted by Crippen LogP contribution is 2.18. The van der Waals surface area contributed by atoms with Crippen molar-refractivity contribution in [2.24, 2.45) is 5.92 Å². The van der Waals surface area contributed by atoms with Crippen LogP contribution < -0.4 is 5.32 Å². The average molecular weight is 274 g/mol. The second kappa shape index (κ2) is 7.72. The van der Waals surface area contributed by atoms with Crippen LogP contribution in [0.5, 0.6) is 0 Å². The van der Waals surface area contributed by atoms with E-state index in [1.165, 1.54) is 6.07 Å². The lowest BCUT2D eigenvalue weighted by atomic mass is 9.95. The van der Waals surface area contributed by atoms with Crippen molar-refractivity contribution in [2.45, 2.75) is 26.3 Å². The number of halogens is 2. The Bertz CT molecular complexity index is 373. The second-order valence-electron chi connectivity index (χ2n) is 4.67. The molecule has 0 radical (unpaired) electrons. The summed E-state index contributed by atoms with van der Waals surface area (Å²) >= 11 is 5.66. The number of methoxy groups -OCH3 is 1. The average Bonchev–Trinajstić information content (AvgIpc) is 2.34. The number of rotatable bonds is 7. The molecule has 1 aromatic carbocycles. The Kier molecular flexibility index (Phi) is 6.61. The van der Waals surface area contributed by atoms with Crippen LogP contribution in [0.4, 0.5) is 4.39 Å². The fourth-order valence-corrected chi connectivity index (χ4v) is 1.92. The zero-order valence-corrected chi connectivity index (χ0v) is 11.9. The highest BCUT2D eigenvalue weighted by molar-refractivity contribution is 6.30. The van der Waals surface area contributed by atoms with Crippen LogP contribution >= 0.6 is 11.6 Å². The highest BCUT2D eigenvalue weighted by Gasteiger charge is 2.13. The van der Waals surface area contributed by atoms with E-state index in [-0.39, 0.29) is 10.8 Å². The van der Waals surface area contributed by atoms with Gasteiger partial charge >= 0.3 is 0 Å². The van der Waals surface area contributed by atoms with Crippen molar-refractivity contribution in [3.63, 3.8) is 0 Å². The summed E-state index contributed by atoms with van der Waals surface area (Å²) in [6.07, 6.45) is 0.829. The Morgan fingerprint density at radius 2 is 2.11 bits per heavy atom. The van der Waals surface area contributed by atoms with Gasteiger partial charge in [-0.1, -0.05) is 24.6 Å². The molecular weight excluding hydrogens is 253 g/mol. The molecule has 1 N–H and O–H groups in total. The van der Waals surface area contributed by atoms with E-state index in [9.17, 15) is 4.39 Å². The molecule has 1 rings (SSSR count). The smallest absolute Gasteiger partial charge is 0.142 e. The van der Waals surface area contributed by atoms with E-state index in [1.807, 2.05) is 6.07 Å². The van der Waals surface area contributed by atoms with Crippen molar-refractivity contribution in [1.82, 2.24) is 5.32 Å². The number of hydrogen-bond acceptors (Lipinski definition) is 2. The third-order valence-corrected chi connectivity index (χ3v) is 3.47. The third-order valence-electron chi connectivity index (χ3n) is 3.17. The summed E-state index contributed by atoms with van der Waals surface area (Å²) in [7, 11) is 1.69. The number of benzene rings is 1. The first-order chi connectivity index (χ1) is 8.54. The first-order valence-corrected chi connectivity index (χ1v) is 6.58. The lowest BCUT2D eigenvalue weighted by Crippen LogP contribution is -2.35. The second-order valence-corrected chi connectivity index (χ2v) is 5.07. The molecule has 0 saturated carbocycles. The lowest BCUT2D eigenvalue weighted by Gasteiger charge is -2.21. The van der Waals surface area contributed by atoms with Crippen LogP contribution in [0.25, 0.3) is 0 Å². The zero-order valence-electron chi connectivity index (χ0n) is 11.2. The molecule has 0 fully saturated rings. The summed E-state index contributed by atoms with van der Waals surface area (Å²) in [6, 6.07) is 5.37. The van der Waals surface area contributed by atoms with Gasteiger partial charge in [0.2, 0.25) is 0 Å². The normalized spacial score (nSPS) is 14.5. The van der Waals surface area contributed by atoms with Crippen molar-refractivity contribution in [3.8, 4) is 0 Å². The van der Waals surface area contributed by atoms with Crippen molar-refractivity contribution in [3.05, 3.63) is 34.6 Å². The van der Waals surface area contributed by atoms with Crippen molar-refractivity contribution in [2.75, 3.05) is 20.3 Å². The zero-order chi connectivity index (χ0) is 13.5. The molecular formula is C14H21ClFNO. The van der Waals surface area contributed by atoms with Crippen LogP contribution in [-0.2, 0) is 11.2 Å². The van der Waals surface area contributed by atoms with Crippen molar-refractivity contribution < 1.29 is 9.13 Å². The standard InChI is InChI=1S/C14H21ClFNO/c1-10(11(2)17-6-7-18-3)8-12-4-5-13(15)14(16)9-12/h4-5,9-11,17H,6-8H2,1-3H3. The first kappa shape index (κ1) is 15.4. The predicted molar refractivity (Wildman–Crippen MR) is 73.6 cm³/mol. The Labute approximate surface area is 113 Å². The molecule has 0 spiro atoms. The Morgan fingerprint density at radius 1 is 1.39 bits per heavy atom. The first-order valence-electron chi connectivity index (χ1n) is 6.20. The maximum absolute atomic E-state index is 13.3. The van der Waals surface area contributed by atoms with Gasteiger partial charge in [-0.3, -0.25) is 0 Å². The molecule has 0 saturated heterocycles. The largest absolute Gasteiger partial charge is 0.383 e. The Morgan fingerprint density at radius 3 is 2.72 bits per heavy atom. The van der Waals surface area contributed by atoms with Gasteiger partial charge in [0.1, 0.15) is 5.82 Å². The lowest BCUT2D eigenvalue weighted by molar-refractivity contribution is 0.192. The molecule has 1 aromatic rings. The minimum absolute atomic E-state index is 0.178. The SMILES string of the molecule is COCCNC(C)C(C)Cc1ccc(Cl)c(F)c1. The number of ether oxygens (including phenoxy) is 1. The van der Waals surface area contributed by atoms with Gasteiger partial charge in [-0.2, -0.15) is 0 Å². The van der Waals surface area contributed by atoms with E-state index >= 15 is 0 Å². The maximum Gasteiger partial charge on any atom is 0.142 e. The molecule has 0 aliphatic heterocycles. The van der Waals surface area contributed by atoms with Gasteiger partial charge in [0, 0.05) is 19.7 Å². The van der Waals surface area contributed by atoms with Crippen LogP contribution in [0, 0.1) is 11.7 Å². The summed E-state index contributed by atoms with van der Waals surface area (Å²) in [4.78, 5) is 0. The van der Waals surface area contributed by atoms with Crippen LogP contribution in [-0.4, -0.2) is 26.3 Å². The Balaban J connectivity index is 2.47. The van der Waals surface area contributed by atoms with Crippen LogP contribution in [0.2, 0.25) is 5.02 Å². The third kappa shape index (κ3) is 4.92. The van der Waals surface area contributed by atoms with Crippen LogP contribution in [0.3, 0.4) is 0 Å². The van der Waals surface area contributed by atoms with Gasteiger partial charge in [-0.15, -0.1) is 0 Å². The molecule has 102 valence electrons. The van der Waals surface area contributed by atoms with Gasteiger partial charge in [-0.25, -0.2) is 4.39 Å². The summed E-state index contributed by atoms with van der Waals surface area (Å²) in [5.41, 5.74) is 0.977. The minimum Gasteiger partial charge on any atom is -0.383 e. The summed E-state index contributed by atoms with van der Waals surface area (Å²) in [5.74, 6) is 0.0730. The monoisotopic (exact) mass is 273 g/mol. The summed E-state index contributed by atoms with van der Waals surface area (Å²) in [5, 5.41) is 3.56. The fraction of sp³-hybridized carbons (Fsp3) is 0.571. The van der Waals surface area contributed by atoms with Gasteiger partial charge in [0.05, 0.1) is 11.6 Å². The molecule has 0 heterocycles. The van der Waals surface area contributed by atoms with E-state index in [4.69, 9.17) is 16.3 Å².